The van der Waals surface area contributed by atoms with Crippen LogP contribution in [0.4, 0.5) is 0 Å². The van der Waals surface area contributed by atoms with E-state index in [1.165, 1.54) is 0 Å². The monoisotopic (exact) mass is 252 g/mol. The van der Waals surface area contributed by atoms with Crippen LogP contribution in [0.15, 0.2) is 18.2 Å². The summed E-state index contributed by atoms with van der Waals surface area (Å²) in [6.07, 6.45) is 0. The number of carbonyl (C=O) groups is 1. The van der Waals surface area contributed by atoms with Gasteiger partial charge in [0.2, 0.25) is 5.91 Å². The van der Waals surface area contributed by atoms with E-state index in [9.17, 15) is 9.90 Å². The Bertz CT molecular complexity index is 394. The Balaban J connectivity index is 2.47. The van der Waals surface area contributed by atoms with Gasteiger partial charge in [0.1, 0.15) is 0 Å². The number of likely N-dealkylation sites (N-methyl/N-ethyl adjacent to an activating group) is 1. The van der Waals surface area contributed by atoms with Crippen molar-refractivity contribution >= 4 is 5.91 Å². The van der Waals surface area contributed by atoms with E-state index in [-0.39, 0.29) is 18.2 Å². The van der Waals surface area contributed by atoms with Crippen molar-refractivity contribution in [3.63, 3.8) is 0 Å². The Labute approximate surface area is 107 Å². The number of ether oxygens (including phenoxy) is 1. The molecule has 0 saturated heterocycles. The van der Waals surface area contributed by atoms with Gasteiger partial charge in [0.15, 0.2) is 11.5 Å². The molecule has 3 N–H and O–H groups in total. The van der Waals surface area contributed by atoms with Gasteiger partial charge in [-0.1, -0.05) is 6.07 Å². The molecule has 0 atom stereocenters. The number of phenolic OH excluding ortho intramolecular Hbond substituents is 1. The van der Waals surface area contributed by atoms with Crippen molar-refractivity contribution in [1.82, 2.24) is 10.6 Å². The van der Waals surface area contributed by atoms with E-state index < -0.39 is 0 Å². The highest BCUT2D eigenvalue weighted by Crippen LogP contribution is 2.26. The Morgan fingerprint density at radius 2 is 2.17 bits per heavy atom. The Hall–Kier alpha value is -1.75. The van der Waals surface area contributed by atoms with Crippen LogP contribution in [0.2, 0.25) is 0 Å². The van der Waals surface area contributed by atoms with Crippen LogP contribution in [0, 0.1) is 0 Å². The number of rotatable bonds is 7. The summed E-state index contributed by atoms with van der Waals surface area (Å²) in [5.41, 5.74) is 0.959. The fourth-order valence-electron chi connectivity index (χ4n) is 1.52. The van der Waals surface area contributed by atoms with Crippen LogP contribution in [0.3, 0.4) is 0 Å². The van der Waals surface area contributed by atoms with Gasteiger partial charge in [-0.3, -0.25) is 4.79 Å². The minimum atomic E-state index is -0.0266. The summed E-state index contributed by atoms with van der Waals surface area (Å²) in [6.45, 7) is 5.71. The summed E-state index contributed by atoms with van der Waals surface area (Å²) in [5, 5.41) is 15.3. The van der Waals surface area contributed by atoms with Gasteiger partial charge in [0.25, 0.3) is 0 Å². The number of hydrogen-bond acceptors (Lipinski definition) is 4. The van der Waals surface area contributed by atoms with Gasteiger partial charge in [-0.25, -0.2) is 0 Å². The molecule has 100 valence electrons. The molecule has 1 rings (SSSR count). The minimum absolute atomic E-state index is 0.0266. The predicted molar refractivity (Wildman–Crippen MR) is 69.7 cm³/mol. The second kappa shape index (κ2) is 7.55. The van der Waals surface area contributed by atoms with Crippen molar-refractivity contribution in [2.45, 2.75) is 20.4 Å². The quantitative estimate of drug-likeness (QED) is 0.677. The first-order valence-corrected chi connectivity index (χ1v) is 6.09. The molecule has 5 nitrogen and oxygen atoms in total. The zero-order valence-corrected chi connectivity index (χ0v) is 10.8. The molecular weight excluding hydrogens is 232 g/mol. The van der Waals surface area contributed by atoms with Crippen molar-refractivity contribution in [1.29, 1.82) is 0 Å². The molecule has 0 saturated carbocycles. The van der Waals surface area contributed by atoms with Gasteiger partial charge in [-0.15, -0.1) is 0 Å². The molecule has 0 aromatic heterocycles. The second-order valence-corrected chi connectivity index (χ2v) is 3.79. The molecular formula is C13H20N2O3. The van der Waals surface area contributed by atoms with Gasteiger partial charge in [0, 0.05) is 13.1 Å². The molecule has 0 fully saturated rings. The van der Waals surface area contributed by atoms with Crippen LogP contribution >= 0.6 is 0 Å². The molecule has 0 radical (unpaired) electrons. The van der Waals surface area contributed by atoms with Gasteiger partial charge >= 0.3 is 0 Å². The van der Waals surface area contributed by atoms with E-state index in [1.807, 2.05) is 13.8 Å². The Morgan fingerprint density at radius 3 is 2.83 bits per heavy atom. The lowest BCUT2D eigenvalue weighted by molar-refractivity contribution is -0.120. The van der Waals surface area contributed by atoms with Gasteiger partial charge in [-0.2, -0.15) is 0 Å². The van der Waals surface area contributed by atoms with Crippen LogP contribution in [0.1, 0.15) is 19.4 Å². The van der Waals surface area contributed by atoms with E-state index in [4.69, 9.17) is 4.74 Å². The van der Waals surface area contributed by atoms with Crippen molar-refractivity contribution in [3.8, 4) is 11.5 Å². The second-order valence-electron chi connectivity index (χ2n) is 3.79. The zero-order valence-electron chi connectivity index (χ0n) is 10.8. The highest BCUT2D eigenvalue weighted by molar-refractivity contribution is 5.77. The molecule has 0 aliphatic rings. The number of benzene rings is 1. The van der Waals surface area contributed by atoms with E-state index in [1.54, 1.807) is 18.2 Å². The summed E-state index contributed by atoms with van der Waals surface area (Å²) in [7, 11) is 0. The molecule has 0 bridgehead atoms. The number of phenols is 1. The number of amides is 1. The summed E-state index contributed by atoms with van der Waals surface area (Å²) >= 11 is 0. The normalized spacial score (nSPS) is 10.1. The lowest BCUT2D eigenvalue weighted by Crippen LogP contribution is -2.33. The summed E-state index contributed by atoms with van der Waals surface area (Å²) in [4.78, 5) is 11.2. The Kier molecular flexibility index (Phi) is 6.00. The lowest BCUT2D eigenvalue weighted by atomic mass is 10.2. The van der Waals surface area contributed by atoms with Crippen molar-refractivity contribution < 1.29 is 14.6 Å². The summed E-state index contributed by atoms with van der Waals surface area (Å²) < 4.78 is 5.29. The third-order valence-corrected chi connectivity index (χ3v) is 2.31. The first kappa shape index (κ1) is 14.3. The number of aromatic hydroxyl groups is 1. The number of carbonyl (C=O) groups excluding carboxylic acids is 1. The maximum atomic E-state index is 11.2. The third-order valence-electron chi connectivity index (χ3n) is 2.31. The van der Waals surface area contributed by atoms with Gasteiger partial charge in [0.05, 0.1) is 13.2 Å². The SMILES string of the molecule is CCNC(=O)CNCc1ccc(O)c(OCC)c1. The Morgan fingerprint density at radius 1 is 1.39 bits per heavy atom. The summed E-state index contributed by atoms with van der Waals surface area (Å²) in [6, 6.07) is 5.15. The highest BCUT2D eigenvalue weighted by Gasteiger charge is 2.04. The molecule has 0 unspecified atom stereocenters. The maximum absolute atomic E-state index is 11.2. The molecule has 1 amide bonds. The van der Waals surface area contributed by atoms with Crippen molar-refractivity contribution in [3.05, 3.63) is 23.8 Å². The minimum Gasteiger partial charge on any atom is -0.504 e. The molecule has 5 heteroatoms. The van der Waals surface area contributed by atoms with Crippen LogP contribution in [0.25, 0.3) is 0 Å². The lowest BCUT2D eigenvalue weighted by Gasteiger charge is -2.09. The fraction of sp³-hybridized carbons (Fsp3) is 0.462. The molecule has 0 spiro atoms. The first-order valence-electron chi connectivity index (χ1n) is 6.09. The number of hydrogen-bond donors (Lipinski definition) is 3. The molecule has 1 aromatic rings. The zero-order chi connectivity index (χ0) is 13.4. The average molecular weight is 252 g/mol. The van der Waals surface area contributed by atoms with E-state index >= 15 is 0 Å². The highest BCUT2D eigenvalue weighted by atomic mass is 16.5. The smallest absolute Gasteiger partial charge is 0.233 e. The number of nitrogens with one attached hydrogen (secondary N) is 2. The van der Waals surface area contributed by atoms with E-state index in [0.717, 1.165) is 5.56 Å². The van der Waals surface area contributed by atoms with E-state index in [0.29, 0.717) is 25.4 Å². The van der Waals surface area contributed by atoms with Gasteiger partial charge in [-0.05, 0) is 31.5 Å². The van der Waals surface area contributed by atoms with Crippen LogP contribution in [-0.4, -0.2) is 30.7 Å². The third kappa shape index (κ3) is 4.63. The van der Waals surface area contributed by atoms with Gasteiger partial charge < -0.3 is 20.5 Å². The standard InChI is InChI=1S/C13H20N2O3/c1-3-15-13(17)9-14-8-10-5-6-11(16)12(7-10)18-4-2/h5-7,14,16H,3-4,8-9H2,1-2H3,(H,15,17). The largest absolute Gasteiger partial charge is 0.504 e. The molecule has 0 aliphatic heterocycles. The molecule has 1 aromatic carbocycles. The van der Waals surface area contributed by atoms with Crippen LogP contribution < -0.4 is 15.4 Å². The molecule has 18 heavy (non-hydrogen) atoms. The fourth-order valence-corrected chi connectivity index (χ4v) is 1.52. The first-order chi connectivity index (χ1) is 8.67. The summed E-state index contributed by atoms with van der Waals surface area (Å²) in [5.74, 6) is 0.570. The topological polar surface area (TPSA) is 70.6 Å². The van der Waals surface area contributed by atoms with Crippen molar-refractivity contribution in [2.24, 2.45) is 0 Å². The molecule has 0 aliphatic carbocycles. The molecule has 0 heterocycles. The van der Waals surface area contributed by atoms with Crippen LogP contribution in [-0.2, 0) is 11.3 Å². The van der Waals surface area contributed by atoms with E-state index in [2.05, 4.69) is 10.6 Å². The van der Waals surface area contributed by atoms with Crippen LogP contribution in [0.5, 0.6) is 11.5 Å². The predicted octanol–water partition coefficient (Wildman–Crippen LogP) is 1.02. The maximum Gasteiger partial charge on any atom is 0.233 e. The van der Waals surface area contributed by atoms with Crippen molar-refractivity contribution in [2.75, 3.05) is 19.7 Å². The average Bonchev–Trinajstić information content (AvgIpc) is 2.34.